The zero-order valence-corrected chi connectivity index (χ0v) is 18.1. The first-order chi connectivity index (χ1) is 13.6. The van der Waals surface area contributed by atoms with Crippen molar-refractivity contribution in [1.82, 2.24) is 9.55 Å². The molecule has 170 valence electrons. The minimum Gasteiger partial charge on any atom is -0.383 e. The Morgan fingerprint density at radius 3 is 2.57 bits per heavy atom. The van der Waals surface area contributed by atoms with Crippen molar-refractivity contribution in [2.75, 3.05) is 11.6 Å². The lowest BCUT2D eigenvalue weighted by Gasteiger charge is -2.25. The molecule has 1 saturated heterocycles. The lowest BCUT2D eigenvalue weighted by Crippen LogP contribution is -2.32. The summed E-state index contributed by atoms with van der Waals surface area (Å²) in [6, 6.07) is 1.30. The molecule has 1 aliphatic rings. The summed E-state index contributed by atoms with van der Waals surface area (Å²) < 4.78 is 62.0. The van der Waals surface area contributed by atoms with Gasteiger partial charge in [-0.1, -0.05) is 0 Å². The molecular weight excluding hydrogens is 498 g/mol. The number of alkyl halides is 1. The first kappa shape index (κ1) is 25.3. The lowest BCUT2D eigenvalue weighted by molar-refractivity contribution is -0.0336. The summed E-state index contributed by atoms with van der Waals surface area (Å²) in [4.78, 5) is 51.1. The third-order valence-electron chi connectivity index (χ3n) is 3.65. The number of hydrogen-bond donors (Lipinski definition) is 5. The fourth-order valence-electron chi connectivity index (χ4n) is 2.47. The minimum atomic E-state index is -5.83. The predicted octanol–water partition coefficient (Wildman–Crippen LogP) is 1.33. The normalized spacial score (nSPS) is 26.9. The fourth-order valence-corrected chi connectivity index (χ4v) is 6.03. The van der Waals surface area contributed by atoms with Crippen LogP contribution in [0.25, 0.3) is 0 Å². The van der Waals surface area contributed by atoms with E-state index in [0.717, 1.165) is 4.57 Å². The van der Waals surface area contributed by atoms with Gasteiger partial charge in [0.25, 0.3) is 0 Å². The molecule has 0 saturated carbocycles. The van der Waals surface area contributed by atoms with Crippen LogP contribution in [0.3, 0.4) is 0 Å². The number of halogens is 2. The van der Waals surface area contributed by atoms with Crippen LogP contribution in [0.4, 0.5) is 10.2 Å². The van der Waals surface area contributed by atoms with Gasteiger partial charge in [0.1, 0.15) is 17.6 Å². The highest BCUT2D eigenvalue weighted by molar-refractivity contribution is 7.69. The number of anilines is 1. The van der Waals surface area contributed by atoms with Crippen molar-refractivity contribution in [3.05, 3.63) is 34.4 Å². The average Bonchev–Trinajstić information content (AvgIpc) is 2.95. The van der Waals surface area contributed by atoms with Gasteiger partial charge in [-0.15, -0.1) is 11.6 Å². The molecule has 1 aliphatic heterocycles. The highest BCUT2D eigenvalue weighted by Gasteiger charge is 2.45. The maximum atomic E-state index is 14.4. The molecule has 1 fully saturated rings. The molecule has 2 unspecified atom stereocenters. The third-order valence-corrected chi connectivity index (χ3v) is 8.16. The molecule has 19 heteroatoms. The van der Waals surface area contributed by atoms with Crippen molar-refractivity contribution in [3.8, 4) is 0 Å². The van der Waals surface area contributed by atoms with Gasteiger partial charge in [0.2, 0.25) is 5.57 Å². The van der Waals surface area contributed by atoms with Gasteiger partial charge in [-0.3, -0.25) is 9.13 Å². The van der Waals surface area contributed by atoms with Crippen LogP contribution in [0.2, 0.25) is 0 Å². The van der Waals surface area contributed by atoms with Crippen LogP contribution in [0.5, 0.6) is 0 Å². The highest BCUT2D eigenvalue weighted by Crippen LogP contribution is 2.69. The summed E-state index contributed by atoms with van der Waals surface area (Å²) in [7, 11) is -17.2. The molecule has 0 radical (unpaired) electrons. The summed E-state index contributed by atoms with van der Waals surface area (Å²) in [6.45, 7) is 0. The van der Waals surface area contributed by atoms with Crippen LogP contribution in [-0.4, -0.2) is 40.6 Å². The van der Waals surface area contributed by atoms with Crippen LogP contribution >= 0.6 is 34.8 Å². The van der Waals surface area contributed by atoms with Crippen LogP contribution in [0, 0.1) is 0 Å². The molecule has 6 N–H and O–H groups in total. The van der Waals surface area contributed by atoms with E-state index in [9.17, 15) is 27.8 Å². The summed E-state index contributed by atoms with van der Waals surface area (Å²) in [5.74, 6) is -0.516. The molecule has 30 heavy (non-hydrogen) atoms. The monoisotopic (exact) mass is 513 g/mol. The van der Waals surface area contributed by atoms with Crippen molar-refractivity contribution < 1.29 is 51.0 Å². The van der Waals surface area contributed by atoms with Crippen molar-refractivity contribution in [2.24, 2.45) is 0 Å². The second kappa shape index (κ2) is 8.89. The van der Waals surface area contributed by atoms with E-state index >= 15 is 0 Å². The quantitative estimate of drug-likeness (QED) is 0.245. The predicted molar refractivity (Wildman–Crippen MR) is 98.8 cm³/mol. The number of aromatic nitrogens is 2. The number of nitrogens with zero attached hydrogens (tertiary/aromatic N) is 2. The van der Waals surface area contributed by atoms with Gasteiger partial charge < -0.3 is 30.0 Å². The van der Waals surface area contributed by atoms with Gasteiger partial charge in [-0.2, -0.15) is 13.7 Å². The van der Waals surface area contributed by atoms with E-state index in [-0.39, 0.29) is 18.7 Å². The third kappa shape index (κ3) is 6.52. The Hall–Kier alpha value is -0.950. The fraction of sp³-hybridized carbons (Fsp3) is 0.455. The zero-order chi connectivity index (χ0) is 23.0. The van der Waals surface area contributed by atoms with E-state index in [0.29, 0.717) is 6.08 Å². The molecule has 2 rings (SSSR count). The molecule has 1 aromatic heterocycles. The summed E-state index contributed by atoms with van der Waals surface area (Å²) in [5.41, 5.74) is 0.873. The Labute approximate surface area is 172 Å². The maximum absolute atomic E-state index is 14.4. The van der Waals surface area contributed by atoms with E-state index < -0.39 is 52.2 Å². The van der Waals surface area contributed by atoms with Crippen molar-refractivity contribution >= 4 is 40.7 Å². The second-order valence-electron chi connectivity index (χ2n) is 5.96. The van der Waals surface area contributed by atoms with Gasteiger partial charge in [-0.05, 0) is 25.0 Å². The highest BCUT2D eigenvalue weighted by atomic mass is 35.5. The lowest BCUT2D eigenvalue weighted by atomic mass is 10.0. The molecule has 0 aromatic carbocycles. The van der Waals surface area contributed by atoms with Crippen LogP contribution < -0.4 is 11.4 Å². The minimum absolute atomic E-state index is 0.0480. The summed E-state index contributed by atoms with van der Waals surface area (Å²) in [5, 5.41) is 0. The first-order valence-corrected chi connectivity index (χ1v) is 12.8. The number of hydrogen-bond acceptors (Lipinski definition) is 9. The van der Waals surface area contributed by atoms with E-state index in [4.69, 9.17) is 36.8 Å². The molecular formula is C11H16ClFN3O11P3. The number of phosphoric acid groups is 2. The van der Waals surface area contributed by atoms with E-state index in [2.05, 4.69) is 13.6 Å². The Kier molecular flexibility index (Phi) is 7.50. The standard InChI is InChI=1S/C11H16ClFN3O11P3/c12-6-11(3-1-9(25-11)16-4-2-8(14)15-10(16)17)5-7(13)28(18,19)26-30(23,24)27-29(20,21)22/h2,4-5,9H,1,3,6H2,(H,18,19)(H,23,24)(H2,14,15,17)(H2,20,21,22)/b7-5+/t9-,11+/m1/s1. The average molecular weight is 514 g/mol. The van der Waals surface area contributed by atoms with Crippen molar-refractivity contribution in [2.45, 2.75) is 24.7 Å². The van der Waals surface area contributed by atoms with Gasteiger partial charge in [0, 0.05) is 6.20 Å². The molecule has 0 bridgehead atoms. The van der Waals surface area contributed by atoms with Crippen LogP contribution in [-0.2, 0) is 27.1 Å². The van der Waals surface area contributed by atoms with Gasteiger partial charge >= 0.3 is 28.9 Å². The molecule has 4 atom stereocenters. The number of nitrogen functional groups attached to an aromatic ring is 1. The Morgan fingerprint density at radius 1 is 1.40 bits per heavy atom. The number of nitrogens with two attached hydrogens (primary N) is 1. The number of rotatable bonds is 8. The molecule has 2 heterocycles. The topological polar surface area (TPSA) is 221 Å². The Balaban J connectivity index is 2.26. The van der Waals surface area contributed by atoms with Gasteiger partial charge in [-0.25, -0.2) is 18.2 Å². The maximum Gasteiger partial charge on any atom is 0.488 e. The summed E-state index contributed by atoms with van der Waals surface area (Å²) >= 11 is 5.79. The molecule has 0 amide bonds. The van der Waals surface area contributed by atoms with Crippen LogP contribution in [0.1, 0.15) is 19.1 Å². The van der Waals surface area contributed by atoms with Crippen molar-refractivity contribution in [1.29, 1.82) is 0 Å². The van der Waals surface area contributed by atoms with Gasteiger partial charge in [0.15, 0.2) is 0 Å². The van der Waals surface area contributed by atoms with Gasteiger partial charge in [0.05, 0.1) is 5.88 Å². The Bertz CT molecular complexity index is 1040. The van der Waals surface area contributed by atoms with E-state index in [1.165, 1.54) is 12.3 Å². The largest absolute Gasteiger partial charge is 0.488 e. The summed E-state index contributed by atoms with van der Waals surface area (Å²) in [6.07, 6.45) is 0.726. The molecule has 0 aliphatic carbocycles. The Morgan fingerprint density at radius 2 is 2.03 bits per heavy atom. The zero-order valence-electron chi connectivity index (χ0n) is 14.6. The first-order valence-electron chi connectivity index (χ1n) is 7.69. The van der Waals surface area contributed by atoms with E-state index in [1.807, 2.05) is 0 Å². The van der Waals surface area contributed by atoms with E-state index in [1.54, 1.807) is 0 Å². The molecule has 1 aromatic rings. The molecule has 0 spiro atoms. The van der Waals surface area contributed by atoms with Crippen LogP contribution in [0.15, 0.2) is 28.7 Å². The molecule has 14 nitrogen and oxygen atoms in total. The van der Waals surface area contributed by atoms with Crippen molar-refractivity contribution in [3.63, 3.8) is 0 Å². The smallest absolute Gasteiger partial charge is 0.383 e. The second-order valence-corrected chi connectivity index (χ2v) is 10.9. The number of ether oxygens (including phenoxy) is 1. The SMILES string of the molecule is Nc1ccn([C@H]2CC[C@](/C=C(\F)P(=O)(O)OP(=O)(O)OP(=O)(O)O)(CCl)O2)c(=O)n1.